The first-order chi connectivity index (χ1) is 10.1. The molecule has 0 aliphatic rings. The van der Waals surface area contributed by atoms with E-state index in [9.17, 15) is 4.39 Å². The molecule has 0 bridgehead atoms. The molecule has 0 fully saturated rings. The van der Waals surface area contributed by atoms with E-state index in [0.717, 1.165) is 24.2 Å². The van der Waals surface area contributed by atoms with Crippen LogP contribution in [-0.4, -0.2) is 9.55 Å². The molecule has 5 heteroatoms. The van der Waals surface area contributed by atoms with Crippen LogP contribution in [0.3, 0.4) is 0 Å². The fourth-order valence-electron chi connectivity index (χ4n) is 2.72. The van der Waals surface area contributed by atoms with Crippen molar-refractivity contribution in [2.45, 2.75) is 57.9 Å². The molecule has 1 atom stereocenters. The van der Waals surface area contributed by atoms with Gasteiger partial charge in [0.2, 0.25) is 0 Å². The number of hydrogen-bond donors (Lipinski definition) is 0. The van der Waals surface area contributed by atoms with Crippen molar-refractivity contribution in [1.29, 1.82) is 0 Å². The third kappa shape index (κ3) is 3.70. The lowest BCUT2D eigenvalue weighted by atomic mass is 10.1. The molecule has 0 saturated carbocycles. The number of alkyl halides is 1. The second kappa shape index (κ2) is 7.46. The van der Waals surface area contributed by atoms with E-state index >= 15 is 0 Å². The monoisotopic (exact) mass is 330 g/mol. The minimum atomic E-state index is -0.412. The van der Waals surface area contributed by atoms with Gasteiger partial charge in [0.1, 0.15) is 11.6 Å². The van der Waals surface area contributed by atoms with Crippen molar-refractivity contribution in [1.82, 2.24) is 9.55 Å². The molecule has 1 unspecified atom stereocenters. The number of aromatic nitrogens is 2. The number of imidazole rings is 1. The minimum absolute atomic E-state index is 0.101. The van der Waals surface area contributed by atoms with E-state index in [1.807, 2.05) is 4.57 Å². The first-order valence-electron chi connectivity index (χ1n) is 7.50. The molecular weight excluding hydrogens is 310 g/mol. The van der Waals surface area contributed by atoms with Crippen LogP contribution in [0.25, 0.3) is 11.0 Å². The van der Waals surface area contributed by atoms with E-state index in [4.69, 9.17) is 23.2 Å². The number of halogens is 3. The number of nitrogens with zero attached hydrogens (tertiary/aromatic N) is 2. The summed E-state index contributed by atoms with van der Waals surface area (Å²) >= 11 is 11.8. The van der Waals surface area contributed by atoms with E-state index in [0.29, 0.717) is 11.4 Å². The van der Waals surface area contributed by atoms with Crippen LogP contribution >= 0.6 is 23.2 Å². The van der Waals surface area contributed by atoms with E-state index in [2.05, 4.69) is 18.8 Å². The highest BCUT2D eigenvalue weighted by atomic mass is 35.5. The quantitative estimate of drug-likeness (QED) is 0.443. The lowest BCUT2D eigenvalue weighted by Gasteiger charge is -2.17. The van der Waals surface area contributed by atoms with Gasteiger partial charge in [-0.15, -0.1) is 11.6 Å². The van der Waals surface area contributed by atoms with Crippen LogP contribution in [0.2, 0.25) is 5.02 Å². The molecule has 2 rings (SSSR count). The van der Waals surface area contributed by atoms with Gasteiger partial charge in [-0.3, -0.25) is 0 Å². The van der Waals surface area contributed by atoms with Crippen molar-refractivity contribution in [3.63, 3.8) is 0 Å². The number of fused-ring (bicyclic) bond motifs is 1. The number of rotatable bonds is 7. The molecule has 0 spiro atoms. The third-order valence-electron chi connectivity index (χ3n) is 3.84. The Balaban J connectivity index is 2.30. The summed E-state index contributed by atoms with van der Waals surface area (Å²) in [7, 11) is 0. The zero-order valence-corrected chi connectivity index (χ0v) is 14.0. The van der Waals surface area contributed by atoms with Gasteiger partial charge in [-0.25, -0.2) is 9.37 Å². The molecule has 2 aromatic rings. The highest BCUT2D eigenvalue weighted by molar-refractivity contribution is 6.31. The number of hydrogen-bond acceptors (Lipinski definition) is 1. The van der Waals surface area contributed by atoms with Crippen molar-refractivity contribution < 1.29 is 4.39 Å². The number of benzene rings is 1. The second-order valence-electron chi connectivity index (χ2n) is 5.49. The standard InChI is InChI=1S/C16H21Cl2FN2/c1-3-4-5-6-7-11(2)21-15-9-13(19)12(18)8-14(15)20-16(21)10-17/h8-9,11H,3-7,10H2,1-2H3. The summed E-state index contributed by atoms with van der Waals surface area (Å²) < 4.78 is 15.8. The third-order valence-corrected chi connectivity index (χ3v) is 4.37. The van der Waals surface area contributed by atoms with Crippen LogP contribution in [-0.2, 0) is 5.88 Å². The van der Waals surface area contributed by atoms with Crippen LogP contribution in [0.4, 0.5) is 4.39 Å². The van der Waals surface area contributed by atoms with Gasteiger partial charge in [0.05, 0.1) is 21.9 Å². The average Bonchev–Trinajstić information content (AvgIpc) is 2.81. The normalized spacial score (nSPS) is 13.0. The summed E-state index contributed by atoms with van der Waals surface area (Å²) in [6, 6.07) is 3.28. The Labute approximate surface area is 135 Å². The maximum atomic E-state index is 13.8. The molecule has 21 heavy (non-hydrogen) atoms. The molecule has 1 heterocycles. The van der Waals surface area contributed by atoms with Crippen molar-refractivity contribution in [2.75, 3.05) is 0 Å². The van der Waals surface area contributed by atoms with Crippen LogP contribution < -0.4 is 0 Å². The largest absolute Gasteiger partial charge is 0.324 e. The molecule has 0 saturated heterocycles. The Morgan fingerprint density at radius 2 is 2.05 bits per heavy atom. The summed E-state index contributed by atoms with van der Waals surface area (Å²) in [4.78, 5) is 4.48. The van der Waals surface area contributed by atoms with Crippen LogP contribution in [0.5, 0.6) is 0 Å². The summed E-state index contributed by atoms with van der Waals surface area (Å²) in [5.74, 6) is 0.675. The molecule has 0 aliphatic heterocycles. The molecule has 1 aromatic carbocycles. The van der Waals surface area contributed by atoms with Crippen molar-refractivity contribution >= 4 is 34.2 Å². The predicted molar refractivity (Wildman–Crippen MR) is 87.7 cm³/mol. The topological polar surface area (TPSA) is 17.8 Å². The second-order valence-corrected chi connectivity index (χ2v) is 6.16. The predicted octanol–water partition coefficient (Wildman–Crippen LogP) is 6.10. The number of unbranched alkanes of at least 4 members (excludes halogenated alkanes) is 3. The Morgan fingerprint density at radius 1 is 1.29 bits per heavy atom. The maximum Gasteiger partial charge on any atom is 0.144 e. The van der Waals surface area contributed by atoms with Gasteiger partial charge in [-0.1, -0.05) is 44.2 Å². The SMILES string of the molecule is CCCCCCC(C)n1c(CCl)nc2cc(Cl)c(F)cc21. The fraction of sp³-hybridized carbons (Fsp3) is 0.562. The molecule has 2 nitrogen and oxygen atoms in total. The van der Waals surface area contributed by atoms with Gasteiger partial charge in [-0.05, 0) is 19.4 Å². The van der Waals surface area contributed by atoms with Crippen molar-refractivity contribution in [3.05, 3.63) is 28.8 Å². The first kappa shape index (κ1) is 16.6. The smallest absolute Gasteiger partial charge is 0.144 e. The highest BCUT2D eigenvalue weighted by Crippen LogP contribution is 2.29. The molecule has 0 N–H and O–H groups in total. The zero-order valence-electron chi connectivity index (χ0n) is 12.5. The Bertz CT molecular complexity index is 610. The van der Waals surface area contributed by atoms with Gasteiger partial charge in [-0.2, -0.15) is 0 Å². The van der Waals surface area contributed by atoms with E-state index in [-0.39, 0.29) is 11.1 Å². The van der Waals surface area contributed by atoms with Gasteiger partial charge < -0.3 is 4.57 Å². The van der Waals surface area contributed by atoms with Crippen molar-refractivity contribution in [2.24, 2.45) is 0 Å². The molecule has 0 radical (unpaired) electrons. The Kier molecular flexibility index (Phi) is 5.88. The minimum Gasteiger partial charge on any atom is -0.324 e. The van der Waals surface area contributed by atoms with Gasteiger partial charge in [0, 0.05) is 12.1 Å². The van der Waals surface area contributed by atoms with E-state index in [1.165, 1.54) is 25.3 Å². The van der Waals surface area contributed by atoms with E-state index in [1.54, 1.807) is 6.07 Å². The van der Waals surface area contributed by atoms with Crippen molar-refractivity contribution in [3.8, 4) is 0 Å². The molecule has 1 aromatic heterocycles. The molecule has 0 amide bonds. The molecule has 0 aliphatic carbocycles. The summed E-state index contributed by atoms with van der Waals surface area (Å²) in [6.07, 6.45) is 5.90. The van der Waals surface area contributed by atoms with Gasteiger partial charge in [0.25, 0.3) is 0 Å². The van der Waals surface area contributed by atoms with E-state index < -0.39 is 5.82 Å². The first-order valence-corrected chi connectivity index (χ1v) is 8.41. The Hall–Kier alpha value is -0.800. The lowest BCUT2D eigenvalue weighted by Crippen LogP contribution is -2.08. The summed E-state index contributed by atoms with van der Waals surface area (Å²) in [6.45, 7) is 4.33. The summed E-state index contributed by atoms with van der Waals surface area (Å²) in [5.41, 5.74) is 1.48. The van der Waals surface area contributed by atoms with Crippen LogP contribution in [0.15, 0.2) is 12.1 Å². The lowest BCUT2D eigenvalue weighted by molar-refractivity contribution is 0.472. The molecule has 116 valence electrons. The molecular formula is C16H21Cl2FN2. The Morgan fingerprint density at radius 3 is 2.71 bits per heavy atom. The van der Waals surface area contributed by atoms with Crippen LogP contribution in [0, 0.1) is 5.82 Å². The average molecular weight is 331 g/mol. The zero-order chi connectivity index (χ0) is 15.4. The van der Waals surface area contributed by atoms with Gasteiger partial charge >= 0.3 is 0 Å². The fourth-order valence-corrected chi connectivity index (χ4v) is 3.07. The maximum absolute atomic E-state index is 13.8. The summed E-state index contributed by atoms with van der Waals surface area (Å²) in [5, 5.41) is 0.101. The highest BCUT2D eigenvalue weighted by Gasteiger charge is 2.17. The van der Waals surface area contributed by atoms with Gasteiger partial charge in [0.15, 0.2) is 0 Å². The van der Waals surface area contributed by atoms with Crippen LogP contribution in [0.1, 0.15) is 57.8 Å².